The van der Waals surface area contributed by atoms with Gasteiger partial charge in [-0.15, -0.1) is 0 Å². The molecule has 1 aliphatic heterocycles. The van der Waals surface area contributed by atoms with Crippen LogP contribution in [0.15, 0.2) is 48.6 Å². The van der Waals surface area contributed by atoms with Crippen LogP contribution in [0.5, 0.6) is 0 Å². The van der Waals surface area contributed by atoms with Crippen LogP contribution in [-0.2, 0) is 23.8 Å². The summed E-state index contributed by atoms with van der Waals surface area (Å²) in [6.07, 6.45) is 60.7. The Morgan fingerprint density at radius 3 is 1.36 bits per heavy atom. The molecule has 1 aliphatic rings. The first-order chi connectivity index (χ1) is 37.7. The van der Waals surface area contributed by atoms with Crippen LogP contribution in [0.1, 0.15) is 296 Å². The number of aliphatic hydroxyl groups excluding tert-OH is 5. The van der Waals surface area contributed by atoms with Gasteiger partial charge in [0.05, 0.1) is 32.0 Å². The molecule has 1 fully saturated rings. The Bertz CT molecular complexity index is 1420. The van der Waals surface area contributed by atoms with Gasteiger partial charge in [-0.1, -0.05) is 255 Å². The third-order valence-corrected chi connectivity index (χ3v) is 15.2. The van der Waals surface area contributed by atoms with Gasteiger partial charge in [-0.2, -0.15) is 0 Å². The lowest BCUT2D eigenvalue weighted by Crippen LogP contribution is -2.60. The van der Waals surface area contributed by atoms with Crippen LogP contribution < -0.4 is 5.32 Å². The van der Waals surface area contributed by atoms with E-state index in [1.807, 2.05) is 6.08 Å². The molecule has 7 atom stereocenters. The van der Waals surface area contributed by atoms with Gasteiger partial charge in [0.25, 0.3) is 0 Å². The third kappa shape index (κ3) is 45.0. The molecule has 0 aromatic heterocycles. The number of aliphatic hydroxyl groups is 5. The Morgan fingerprint density at radius 2 is 0.883 bits per heavy atom. The Kier molecular flexibility index (Phi) is 52.4. The Balaban J connectivity index is 2.10. The van der Waals surface area contributed by atoms with Crippen molar-refractivity contribution in [2.45, 2.75) is 339 Å². The summed E-state index contributed by atoms with van der Waals surface area (Å²) in [5.41, 5.74) is 0. The zero-order valence-electron chi connectivity index (χ0n) is 49.7. The summed E-state index contributed by atoms with van der Waals surface area (Å²) < 4.78 is 16.7. The van der Waals surface area contributed by atoms with Crippen molar-refractivity contribution in [3.05, 3.63) is 48.6 Å². The summed E-state index contributed by atoms with van der Waals surface area (Å²) in [5.74, 6) is -0.207. The van der Waals surface area contributed by atoms with E-state index in [1.54, 1.807) is 6.08 Å². The number of hydrogen-bond donors (Lipinski definition) is 6. The van der Waals surface area contributed by atoms with Gasteiger partial charge in [0.15, 0.2) is 6.29 Å². The zero-order valence-corrected chi connectivity index (χ0v) is 49.7. The van der Waals surface area contributed by atoms with Gasteiger partial charge in [-0.25, -0.2) is 0 Å². The maximum atomic E-state index is 13.1. The van der Waals surface area contributed by atoms with E-state index in [9.17, 15) is 35.1 Å². The van der Waals surface area contributed by atoms with Gasteiger partial charge >= 0.3 is 5.97 Å². The van der Waals surface area contributed by atoms with Gasteiger partial charge < -0.3 is 45.1 Å². The number of ether oxygens (including phenoxy) is 3. The number of nitrogens with one attached hydrogen (secondary N) is 1. The summed E-state index contributed by atoms with van der Waals surface area (Å²) in [6.45, 7) is 4.32. The lowest BCUT2D eigenvalue weighted by Gasteiger charge is -2.40. The molecule has 1 heterocycles. The predicted octanol–water partition coefficient (Wildman–Crippen LogP) is 15.6. The van der Waals surface area contributed by atoms with Crippen molar-refractivity contribution in [1.82, 2.24) is 5.32 Å². The van der Waals surface area contributed by atoms with E-state index < -0.39 is 49.5 Å². The Hall–Kier alpha value is -2.38. The van der Waals surface area contributed by atoms with Gasteiger partial charge in [0, 0.05) is 12.8 Å². The highest BCUT2D eigenvalue weighted by Crippen LogP contribution is 2.23. The molecular weight excluding hydrogens is 967 g/mol. The maximum absolute atomic E-state index is 13.1. The summed E-state index contributed by atoms with van der Waals surface area (Å²) in [5, 5.41) is 54.5. The Labute approximate surface area is 472 Å². The van der Waals surface area contributed by atoms with E-state index in [0.717, 1.165) is 83.5 Å². The average Bonchev–Trinajstić information content (AvgIpc) is 3.43. The lowest BCUT2D eigenvalue weighted by atomic mass is 9.99. The summed E-state index contributed by atoms with van der Waals surface area (Å²) in [6, 6.07) is -0.836. The number of amides is 1. The number of carbonyl (C=O) groups is 2. The van der Waals surface area contributed by atoms with Crippen molar-refractivity contribution in [2.24, 2.45) is 0 Å². The van der Waals surface area contributed by atoms with Gasteiger partial charge in [0.2, 0.25) is 5.91 Å². The second-order valence-electron chi connectivity index (χ2n) is 22.5. The number of hydrogen-bond acceptors (Lipinski definition) is 10. The van der Waals surface area contributed by atoms with Gasteiger partial charge in [-0.05, 0) is 77.0 Å². The molecule has 450 valence electrons. The molecule has 0 spiro atoms. The van der Waals surface area contributed by atoms with E-state index in [1.165, 1.54) is 186 Å². The monoisotopic (exact) mass is 1090 g/mol. The zero-order chi connectivity index (χ0) is 55.9. The highest BCUT2D eigenvalue weighted by molar-refractivity contribution is 5.76. The smallest absolute Gasteiger partial charge is 0.305 e. The van der Waals surface area contributed by atoms with Crippen molar-refractivity contribution >= 4 is 11.9 Å². The van der Waals surface area contributed by atoms with E-state index in [2.05, 4.69) is 55.6 Å². The van der Waals surface area contributed by atoms with Crippen LogP contribution >= 0.6 is 0 Å². The standard InChI is InChI=1S/C66H121NO10/c1-3-5-7-9-11-13-15-16-26-29-33-36-40-44-48-52-59(69)58(57-76-66-65(74)64(73)63(72)60(56-68)77-66)67-61(70)53-49-45-41-37-34-30-27-24-22-20-18-17-19-21-23-25-28-31-35-39-43-47-51-55-75-62(71)54-50-46-42-38-32-14-12-10-8-6-4-2/h17,19-20,22,33,36,48,52,58-60,63-66,68-69,72-74H,3-16,18,21,23-32,34-35,37-47,49-51,53-57H2,1-2H3,(H,67,70)/b19-17-,22-20-,36-33+,52-48+. The molecular formula is C66H121NO10. The summed E-state index contributed by atoms with van der Waals surface area (Å²) in [4.78, 5) is 25.1. The van der Waals surface area contributed by atoms with Crippen molar-refractivity contribution in [3.63, 3.8) is 0 Å². The molecule has 0 saturated carbocycles. The fraction of sp³-hybridized carbons (Fsp3) is 0.848. The molecule has 1 saturated heterocycles. The molecule has 0 aliphatic carbocycles. The van der Waals surface area contributed by atoms with Crippen LogP contribution in [-0.4, -0.2) is 100 Å². The summed E-state index contributed by atoms with van der Waals surface area (Å²) in [7, 11) is 0. The number of rotatable bonds is 56. The van der Waals surface area contributed by atoms with Crippen LogP contribution in [0, 0.1) is 0 Å². The van der Waals surface area contributed by atoms with E-state index in [4.69, 9.17) is 14.2 Å². The topological polar surface area (TPSA) is 175 Å². The summed E-state index contributed by atoms with van der Waals surface area (Å²) >= 11 is 0. The second-order valence-corrected chi connectivity index (χ2v) is 22.5. The van der Waals surface area contributed by atoms with Crippen molar-refractivity contribution < 1.29 is 49.3 Å². The normalized spacial score (nSPS) is 18.9. The molecule has 0 aromatic rings. The van der Waals surface area contributed by atoms with Crippen LogP contribution in [0.2, 0.25) is 0 Å². The van der Waals surface area contributed by atoms with Crippen molar-refractivity contribution in [1.29, 1.82) is 0 Å². The highest BCUT2D eigenvalue weighted by atomic mass is 16.7. The molecule has 1 amide bonds. The molecule has 7 unspecified atom stereocenters. The minimum atomic E-state index is -1.58. The highest BCUT2D eigenvalue weighted by Gasteiger charge is 2.44. The molecule has 0 radical (unpaired) electrons. The largest absolute Gasteiger partial charge is 0.466 e. The van der Waals surface area contributed by atoms with Gasteiger partial charge in [-0.3, -0.25) is 9.59 Å². The van der Waals surface area contributed by atoms with Crippen molar-refractivity contribution in [3.8, 4) is 0 Å². The number of allylic oxidation sites excluding steroid dienone is 7. The predicted molar refractivity (Wildman–Crippen MR) is 320 cm³/mol. The fourth-order valence-corrected chi connectivity index (χ4v) is 10.0. The molecule has 1 rings (SSSR count). The first-order valence-electron chi connectivity index (χ1n) is 32.4. The first kappa shape index (κ1) is 72.6. The van der Waals surface area contributed by atoms with E-state index in [0.29, 0.717) is 19.4 Å². The van der Waals surface area contributed by atoms with Crippen LogP contribution in [0.25, 0.3) is 0 Å². The number of esters is 1. The molecule has 0 aromatic carbocycles. The fourth-order valence-electron chi connectivity index (χ4n) is 10.0. The second kappa shape index (κ2) is 55.5. The van der Waals surface area contributed by atoms with Gasteiger partial charge in [0.1, 0.15) is 24.4 Å². The van der Waals surface area contributed by atoms with Crippen LogP contribution in [0.3, 0.4) is 0 Å². The van der Waals surface area contributed by atoms with Crippen LogP contribution in [0.4, 0.5) is 0 Å². The minimum absolute atomic E-state index is 0.00563. The molecule has 6 N–H and O–H groups in total. The molecule has 77 heavy (non-hydrogen) atoms. The molecule has 0 bridgehead atoms. The molecule has 11 heteroatoms. The molecule has 11 nitrogen and oxygen atoms in total. The van der Waals surface area contributed by atoms with Crippen molar-refractivity contribution in [2.75, 3.05) is 19.8 Å². The number of unbranched alkanes of at least 4 members (excludes halogenated alkanes) is 36. The third-order valence-electron chi connectivity index (χ3n) is 15.2. The van der Waals surface area contributed by atoms with E-state index in [-0.39, 0.29) is 18.5 Å². The first-order valence-corrected chi connectivity index (χ1v) is 32.4. The minimum Gasteiger partial charge on any atom is -0.466 e. The average molecular weight is 1090 g/mol. The maximum Gasteiger partial charge on any atom is 0.305 e. The van der Waals surface area contributed by atoms with E-state index >= 15 is 0 Å². The lowest BCUT2D eigenvalue weighted by molar-refractivity contribution is -0.302. The SMILES string of the molecule is CCCCCCCCCCC/C=C/CC/C=C/C(O)C(COC1OC(CO)C(O)C(O)C1O)NC(=O)CCCCCCCCC/C=C\C/C=C\CCCCCCCCCCCOC(=O)CCCCCCCCCCCCC. The number of carbonyl (C=O) groups excluding carboxylic acids is 2. The Morgan fingerprint density at radius 1 is 0.481 bits per heavy atom. The quantitative estimate of drug-likeness (QED) is 0.0195.